The highest BCUT2D eigenvalue weighted by atomic mass is 19.1. The van der Waals surface area contributed by atoms with Crippen molar-refractivity contribution < 1.29 is 23.5 Å². The molecular weight excluding hydrogens is 437 g/mol. The molecule has 7 nitrogen and oxygen atoms in total. The topological polar surface area (TPSA) is 87.7 Å². The van der Waals surface area contributed by atoms with Crippen LogP contribution < -0.4 is 10.6 Å². The Hall–Kier alpha value is -3.00. The van der Waals surface area contributed by atoms with Gasteiger partial charge in [-0.2, -0.15) is 0 Å². The third-order valence-corrected chi connectivity index (χ3v) is 7.58. The number of carbonyl (C=O) groups is 3. The number of nitrogens with zero attached hydrogens (tertiary/aromatic N) is 1. The van der Waals surface area contributed by atoms with Crippen LogP contribution >= 0.6 is 0 Å². The van der Waals surface area contributed by atoms with Gasteiger partial charge in [-0.05, 0) is 30.5 Å². The number of hydrogen-bond acceptors (Lipinski definition) is 4. The fourth-order valence-corrected chi connectivity index (χ4v) is 6.04. The number of nitrogens with one attached hydrogen (secondary N) is 2. The Kier molecular flexibility index (Phi) is 6.02. The van der Waals surface area contributed by atoms with Gasteiger partial charge in [-0.3, -0.25) is 14.4 Å². The fraction of sp³-hybridized carbons (Fsp3) is 0.500. The number of rotatable bonds is 7. The van der Waals surface area contributed by atoms with Crippen molar-refractivity contribution in [2.45, 2.75) is 62.4 Å². The molecule has 1 aliphatic carbocycles. The molecular formula is C26H30FN3O4. The molecule has 2 N–H and O–H groups in total. The molecule has 1 saturated carbocycles. The summed E-state index contributed by atoms with van der Waals surface area (Å²) in [7, 11) is 0. The van der Waals surface area contributed by atoms with Crippen LogP contribution in [0.4, 0.5) is 4.39 Å². The van der Waals surface area contributed by atoms with E-state index < -0.39 is 29.6 Å². The highest BCUT2D eigenvalue weighted by Crippen LogP contribution is 2.55. The molecule has 0 aromatic heterocycles. The standard InChI is InChI=1S/C26H30FN3O4/c1-2-14-30-22(24(32)29-18-6-4-3-5-7-18)26-13-12-19(34-26)20(21(26)25(30)33)23(31)28-15-16-8-10-17(27)11-9-16/h2,8-13,18-22H,1,3-7,14-15H2,(H,28,31)(H,29,32)/t19-,20+,21-,22-,26+/m1/s1. The molecule has 1 spiro atoms. The number of fused-ring (bicyclic) bond motifs is 1. The fourth-order valence-electron chi connectivity index (χ4n) is 6.04. The molecule has 3 fully saturated rings. The molecule has 4 aliphatic rings. The predicted octanol–water partition coefficient (Wildman–Crippen LogP) is 2.23. The van der Waals surface area contributed by atoms with E-state index in [-0.39, 0.29) is 42.7 Å². The van der Waals surface area contributed by atoms with E-state index in [1.807, 2.05) is 0 Å². The van der Waals surface area contributed by atoms with Crippen LogP contribution in [0.25, 0.3) is 0 Å². The molecule has 2 saturated heterocycles. The van der Waals surface area contributed by atoms with Gasteiger partial charge in [0.05, 0.1) is 17.9 Å². The molecule has 3 amide bonds. The van der Waals surface area contributed by atoms with Crippen molar-refractivity contribution >= 4 is 17.7 Å². The molecule has 3 heterocycles. The molecule has 1 aromatic carbocycles. The molecule has 2 bridgehead atoms. The summed E-state index contributed by atoms with van der Waals surface area (Å²) in [6, 6.07) is 5.13. The normalized spacial score (nSPS) is 32.0. The first-order valence-corrected chi connectivity index (χ1v) is 12.1. The third kappa shape index (κ3) is 3.74. The van der Waals surface area contributed by atoms with Crippen LogP contribution in [0.2, 0.25) is 0 Å². The highest BCUT2D eigenvalue weighted by molar-refractivity contribution is 6.00. The van der Waals surface area contributed by atoms with Crippen molar-refractivity contribution in [3.8, 4) is 0 Å². The SMILES string of the molecule is C=CCN1C(=O)[C@H]2[C@@H](C(=O)NCc3ccc(F)cc3)[C@H]3C=C[C@@]2(O3)[C@H]1C(=O)NC1CCCCC1. The van der Waals surface area contributed by atoms with Gasteiger partial charge in [0, 0.05) is 19.1 Å². The Morgan fingerprint density at radius 1 is 1.18 bits per heavy atom. The second-order valence-electron chi connectivity index (χ2n) is 9.67. The van der Waals surface area contributed by atoms with Gasteiger partial charge < -0.3 is 20.3 Å². The summed E-state index contributed by atoms with van der Waals surface area (Å²) in [4.78, 5) is 41.8. The lowest BCUT2D eigenvalue weighted by atomic mass is 9.74. The maximum Gasteiger partial charge on any atom is 0.246 e. The summed E-state index contributed by atoms with van der Waals surface area (Å²) >= 11 is 0. The summed E-state index contributed by atoms with van der Waals surface area (Å²) in [6.45, 7) is 4.16. The minimum Gasteiger partial charge on any atom is -0.359 e. The van der Waals surface area contributed by atoms with Crippen LogP contribution in [0, 0.1) is 17.7 Å². The lowest BCUT2D eigenvalue weighted by Crippen LogP contribution is -2.56. The van der Waals surface area contributed by atoms with E-state index in [0.717, 1.165) is 31.2 Å². The monoisotopic (exact) mass is 467 g/mol. The maximum atomic E-state index is 13.6. The Morgan fingerprint density at radius 2 is 1.91 bits per heavy atom. The van der Waals surface area contributed by atoms with Crippen molar-refractivity contribution in [1.82, 2.24) is 15.5 Å². The molecule has 5 atom stereocenters. The molecule has 3 aliphatic heterocycles. The molecule has 0 unspecified atom stereocenters. The van der Waals surface area contributed by atoms with Gasteiger partial charge in [-0.25, -0.2) is 4.39 Å². The lowest BCUT2D eigenvalue weighted by molar-refractivity contribution is -0.141. The number of ether oxygens (including phenoxy) is 1. The number of halogens is 1. The minimum absolute atomic E-state index is 0.0924. The van der Waals surface area contributed by atoms with Crippen LogP contribution in [-0.2, 0) is 25.7 Å². The van der Waals surface area contributed by atoms with Crippen molar-refractivity contribution in [2.75, 3.05) is 6.54 Å². The Labute approximate surface area is 198 Å². The van der Waals surface area contributed by atoms with Gasteiger partial charge >= 0.3 is 0 Å². The number of amides is 3. The van der Waals surface area contributed by atoms with E-state index in [2.05, 4.69) is 17.2 Å². The van der Waals surface area contributed by atoms with E-state index >= 15 is 0 Å². The highest BCUT2D eigenvalue weighted by Gasteiger charge is 2.72. The molecule has 5 rings (SSSR count). The molecule has 0 radical (unpaired) electrons. The first kappa shape index (κ1) is 22.8. The average Bonchev–Trinajstić information content (AvgIpc) is 3.47. The second kappa shape index (κ2) is 8.98. The zero-order valence-corrected chi connectivity index (χ0v) is 19.0. The van der Waals surface area contributed by atoms with Crippen molar-refractivity contribution in [2.24, 2.45) is 11.8 Å². The van der Waals surface area contributed by atoms with Crippen LogP contribution in [0.3, 0.4) is 0 Å². The molecule has 8 heteroatoms. The second-order valence-corrected chi connectivity index (χ2v) is 9.67. The first-order chi connectivity index (χ1) is 16.4. The quantitative estimate of drug-likeness (QED) is 0.602. The maximum absolute atomic E-state index is 13.6. The molecule has 34 heavy (non-hydrogen) atoms. The zero-order chi connectivity index (χ0) is 23.9. The lowest BCUT2D eigenvalue weighted by Gasteiger charge is -2.33. The van der Waals surface area contributed by atoms with E-state index in [9.17, 15) is 18.8 Å². The van der Waals surface area contributed by atoms with E-state index in [0.29, 0.717) is 0 Å². The van der Waals surface area contributed by atoms with Crippen molar-refractivity contribution in [3.63, 3.8) is 0 Å². The van der Waals surface area contributed by atoms with Gasteiger partial charge in [0.1, 0.15) is 17.5 Å². The van der Waals surface area contributed by atoms with Crippen LogP contribution in [0.1, 0.15) is 37.7 Å². The summed E-state index contributed by atoms with van der Waals surface area (Å²) in [6.07, 6.45) is 9.80. The van der Waals surface area contributed by atoms with Crippen molar-refractivity contribution in [3.05, 3.63) is 60.5 Å². The predicted molar refractivity (Wildman–Crippen MR) is 123 cm³/mol. The van der Waals surface area contributed by atoms with Gasteiger partial charge in [-0.15, -0.1) is 6.58 Å². The largest absolute Gasteiger partial charge is 0.359 e. The summed E-state index contributed by atoms with van der Waals surface area (Å²) in [5.41, 5.74) is -0.415. The van der Waals surface area contributed by atoms with Gasteiger partial charge in [0.2, 0.25) is 17.7 Å². The smallest absolute Gasteiger partial charge is 0.246 e. The number of carbonyl (C=O) groups excluding carboxylic acids is 3. The van der Waals surface area contributed by atoms with E-state index in [1.54, 1.807) is 30.4 Å². The van der Waals surface area contributed by atoms with Gasteiger partial charge in [-0.1, -0.05) is 49.6 Å². The summed E-state index contributed by atoms with van der Waals surface area (Å²) < 4.78 is 19.5. The number of benzene rings is 1. The molecule has 180 valence electrons. The van der Waals surface area contributed by atoms with Crippen LogP contribution in [0.5, 0.6) is 0 Å². The Morgan fingerprint density at radius 3 is 2.62 bits per heavy atom. The number of likely N-dealkylation sites (tertiary alicyclic amines) is 1. The Balaban J connectivity index is 1.37. The third-order valence-electron chi connectivity index (χ3n) is 7.58. The summed E-state index contributed by atoms with van der Waals surface area (Å²) in [5.74, 6) is -2.68. The summed E-state index contributed by atoms with van der Waals surface area (Å²) in [5, 5.41) is 6.01. The van der Waals surface area contributed by atoms with E-state index in [1.165, 1.54) is 23.5 Å². The zero-order valence-electron chi connectivity index (χ0n) is 19.0. The Bertz CT molecular complexity index is 1020. The number of hydrogen-bond donors (Lipinski definition) is 2. The van der Waals surface area contributed by atoms with Gasteiger partial charge in [0.25, 0.3) is 0 Å². The average molecular weight is 468 g/mol. The first-order valence-electron chi connectivity index (χ1n) is 12.1. The van der Waals surface area contributed by atoms with Crippen LogP contribution in [0.15, 0.2) is 49.1 Å². The van der Waals surface area contributed by atoms with Crippen LogP contribution in [-0.4, -0.2) is 53.0 Å². The van der Waals surface area contributed by atoms with Crippen molar-refractivity contribution in [1.29, 1.82) is 0 Å². The van der Waals surface area contributed by atoms with E-state index in [4.69, 9.17) is 4.74 Å². The minimum atomic E-state index is -1.17. The van der Waals surface area contributed by atoms with Gasteiger partial charge in [0.15, 0.2) is 0 Å². The molecule has 1 aromatic rings.